The minimum atomic E-state index is -0.0797. The van der Waals surface area contributed by atoms with Crippen molar-refractivity contribution in [1.29, 1.82) is 0 Å². The zero-order chi connectivity index (χ0) is 18.7. The van der Waals surface area contributed by atoms with Crippen LogP contribution >= 0.6 is 27.3 Å². The molecule has 0 saturated heterocycles. The van der Waals surface area contributed by atoms with Gasteiger partial charge in [-0.05, 0) is 54.0 Å². The topological polar surface area (TPSA) is 55.6 Å². The highest BCUT2D eigenvalue weighted by Gasteiger charge is 2.18. The minimum absolute atomic E-state index is 0.0797. The van der Waals surface area contributed by atoms with E-state index in [1.807, 2.05) is 38.1 Å². The standard InChI is InChI=1S/C19H19BrN2O3S/c1-12-16(13(2)25-21-12)11-24-17-7-5-4-6-15(17)19(23)22(3)10-14-8-9-18(20)26-14/h4-9H,10-11H2,1-3H3. The van der Waals surface area contributed by atoms with Gasteiger partial charge in [-0.1, -0.05) is 17.3 Å². The second kappa shape index (κ2) is 8.05. The summed E-state index contributed by atoms with van der Waals surface area (Å²) >= 11 is 5.07. The third-order valence-electron chi connectivity index (χ3n) is 4.04. The Bertz CT molecular complexity index is 900. The van der Waals surface area contributed by atoms with Gasteiger partial charge >= 0.3 is 0 Å². The highest BCUT2D eigenvalue weighted by atomic mass is 79.9. The summed E-state index contributed by atoms with van der Waals surface area (Å²) in [7, 11) is 1.79. The van der Waals surface area contributed by atoms with Crippen molar-refractivity contribution in [2.24, 2.45) is 0 Å². The molecule has 3 rings (SSSR count). The lowest BCUT2D eigenvalue weighted by Gasteiger charge is -2.18. The molecule has 1 aromatic carbocycles. The van der Waals surface area contributed by atoms with Crippen molar-refractivity contribution in [2.75, 3.05) is 7.05 Å². The van der Waals surface area contributed by atoms with Crippen LogP contribution in [0.2, 0.25) is 0 Å². The molecule has 0 radical (unpaired) electrons. The average molecular weight is 435 g/mol. The molecule has 2 heterocycles. The number of hydrogen-bond acceptors (Lipinski definition) is 5. The Labute approximate surface area is 164 Å². The van der Waals surface area contributed by atoms with Crippen LogP contribution in [0.15, 0.2) is 44.7 Å². The molecule has 0 aliphatic rings. The highest BCUT2D eigenvalue weighted by molar-refractivity contribution is 9.11. The third kappa shape index (κ3) is 4.16. The number of thiophene rings is 1. The summed E-state index contributed by atoms with van der Waals surface area (Å²) in [6, 6.07) is 11.3. The zero-order valence-corrected chi connectivity index (χ0v) is 17.2. The molecule has 0 spiro atoms. The maximum atomic E-state index is 12.9. The van der Waals surface area contributed by atoms with E-state index in [9.17, 15) is 4.79 Å². The number of rotatable bonds is 6. The largest absolute Gasteiger partial charge is 0.488 e. The maximum Gasteiger partial charge on any atom is 0.257 e. The Morgan fingerprint density at radius 2 is 2.04 bits per heavy atom. The van der Waals surface area contributed by atoms with E-state index < -0.39 is 0 Å². The van der Waals surface area contributed by atoms with E-state index in [0.29, 0.717) is 24.5 Å². The van der Waals surface area contributed by atoms with E-state index in [1.165, 1.54) is 0 Å². The quantitative estimate of drug-likeness (QED) is 0.549. The van der Waals surface area contributed by atoms with Gasteiger partial charge in [0.15, 0.2) is 0 Å². The van der Waals surface area contributed by atoms with Crippen LogP contribution in [0.5, 0.6) is 5.75 Å². The van der Waals surface area contributed by atoms with Gasteiger partial charge in [-0.2, -0.15) is 0 Å². The first-order valence-corrected chi connectivity index (χ1v) is 9.70. The number of amides is 1. The number of carbonyl (C=O) groups excluding carboxylic acids is 1. The maximum absolute atomic E-state index is 12.9. The summed E-state index contributed by atoms with van der Waals surface area (Å²) < 4.78 is 12.1. The fourth-order valence-corrected chi connectivity index (χ4v) is 4.11. The Morgan fingerprint density at radius 3 is 2.69 bits per heavy atom. The first-order valence-electron chi connectivity index (χ1n) is 8.09. The van der Waals surface area contributed by atoms with E-state index in [1.54, 1.807) is 35.4 Å². The number of hydrogen-bond donors (Lipinski definition) is 0. The summed E-state index contributed by atoms with van der Waals surface area (Å²) in [6.45, 7) is 4.59. The van der Waals surface area contributed by atoms with E-state index in [0.717, 1.165) is 25.7 Å². The van der Waals surface area contributed by atoms with Gasteiger partial charge in [-0.3, -0.25) is 4.79 Å². The van der Waals surface area contributed by atoms with Crippen LogP contribution in [0.1, 0.15) is 32.3 Å². The van der Waals surface area contributed by atoms with Gasteiger partial charge in [-0.25, -0.2) is 0 Å². The van der Waals surface area contributed by atoms with Gasteiger partial charge in [0.25, 0.3) is 5.91 Å². The van der Waals surface area contributed by atoms with Crippen LogP contribution in [-0.2, 0) is 13.2 Å². The van der Waals surface area contributed by atoms with Crippen molar-refractivity contribution in [3.63, 3.8) is 0 Å². The van der Waals surface area contributed by atoms with Crippen LogP contribution in [-0.4, -0.2) is 23.0 Å². The molecule has 0 atom stereocenters. The summed E-state index contributed by atoms with van der Waals surface area (Å²) in [5.41, 5.74) is 2.24. The molecule has 3 aromatic rings. The highest BCUT2D eigenvalue weighted by Crippen LogP contribution is 2.26. The molecular formula is C19H19BrN2O3S. The molecule has 136 valence electrons. The number of carbonyl (C=O) groups is 1. The average Bonchev–Trinajstić information content (AvgIpc) is 3.18. The Balaban J connectivity index is 1.74. The van der Waals surface area contributed by atoms with Crippen LogP contribution in [0.3, 0.4) is 0 Å². The van der Waals surface area contributed by atoms with E-state index in [2.05, 4.69) is 21.1 Å². The van der Waals surface area contributed by atoms with Gasteiger partial charge in [0.1, 0.15) is 18.1 Å². The predicted octanol–water partition coefficient (Wildman–Crippen LogP) is 4.97. The van der Waals surface area contributed by atoms with Crippen molar-refractivity contribution < 1.29 is 14.1 Å². The number of nitrogens with zero attached hydrogens (tertiary/aromatic N) is 2. The molecule has 0 bridgehead atoms. The van der Waals surface area contributed by atoms with E-state index >= 15 is 0 Å². The monoisotopic (exact) mass is 434 g/mol. The number of benzene rings is 1. The second-order valence-corrected chi connectivity index (χ2v) is 8.50. The molecule has 7 heteroatoms. The summed E-state index contributed by atoms with van der Waals surface area (Å²) in [4.78, 5) is 15.7. The molecule has 0 unspecified atom stereocenters. The molecule has 26 heavy (non-hydrogen) atoms. The van der Waals surface area contributed by atoms with Crippen molar-refractivity contribution >= 4 is 33.2 Å². The lowest BCUT2D eigenvalue weighted by atomic mass is 10.1. The van der Waals surface area contributed by atoms with Gasteiger partial charge in [0, 0.05) is 11.9 Å². The molecule has 0 aliphatic carbocycles. The van der Waals surface area contributed by atoms with Gasteiger partial charge in [-0.15, -0.1) is 11.3 Å². The fourth-order valence-electron chi connectivity index (χ4n) is 2.57. The summed E-state index contributed by atoms with van der Waals surface area (Å²) in [5, 5.41) is 3.93. The number of aryl methyl sites for hydroxylation is 2. The van der Waals surface area contributed by atoms with E-state index in [4.69, 9.17) is 9.26 Å². The Morgan fingerprint density at radius 1 is 1.27 bits per heavy atom. The summed E-state index contributed by atoms with van der Waals surface area (Å²) in [5.74, 6) is 1.20. The third-order valence-corrected chi connectivity index (χ3v) is 5.65. The van der Waals surface area contributed by atoms with Crippen molar-refractivity contribution in [3.8, 4) is 5.75 Å². The molecule has 0 aliphatic heterocycles. The van der Waals surface area contributed by atoms with Crippen molar-refractivity contribution in [1.82, 2.24) is 10.1 Å². The van der Waals surface area contributed by atoms with Gasteiger partial charge in [0.2, 0.25) is 0 Å². The second-order valence-electron chi connectivity index (χ2n) is 5.95. The Kier molecular flexibility index (Phi) is 5.78. The van der Waals surface area contributed by atoms with Crippen LogP contribution in [0, 0.1) is 13.8 Å². The van der Waals surface area contributed by atoms with Gasteiger partial charge < -0.3 is 14.2 Å². The molecule has 2 aromatic heterocycles. The van der Waals surface area contributed by atoms with Crippen molar-refractivity contribution in [2.45, 2.75) is 27.0 Å². The minimum Gasteiger partial charge on any atom is -0.488 e. The normalized spacial score (nSPS) is 10.8. The number of aromatic nitrogens is 1. The SMILES string of the molecule is Cc1noc(C)c1COc1ccccc1C(=O)N(C)Cc1ccc(Br)s1. The Hall–Kier alpha value is -2.12. The fraction of sp³-hybridized carbons (Fsp3) is 0.263. The lowest BCUT2D eigenvalue weighted by molar-refractivity contribution is 0.0781. The summed E-state index contributed by atoms with van der Waals surface area (Å²) in [6.07, 6.45) is 0. The van der Waals surface area contributed by atoms with Crippen LogP contribution in [0.25, 0.3) is 0 Å². The molecule has 0 N–H and O–H groups in total. The number of para-hydroxylation sites is 1. The first-order chi connectivity index (χ1) is 12.5. The number of ether oxygens (including phenoxy) is 1. The first kappa shape index (κ1) is 18.7. The predicted molar refractivity (Wildman–Crippen MR) is 105 cm³/mol. The van der Waals surface area contributed by atoms with E-state index in [-0.39, 0.29) is 5.91 Å². The molecule has 0 fully saturated rings. The molecular weight excluding hydrogens is 416 g/mol. The molecule has 0 saturated carbocycles. The van der Waals surface area contributed by atoms with Crippen LogP contribution in [0.4, 0.5) is 0 Å². The molecule has 1 amide bonds. The van der Waals surface area contributed by atoms with Crippen LogP contribution < -0.4 is 4.74 Å². The van der Waals surface area contributed by atoms with Gasteiger partial charge in [0.05, 0.1) is 27.2 Å². The molecule has 5 nitrogen and oxygen atoms in total. The smallest absolute Gasteiger partial charge is 0.257 e. The van der Waals surface area contributed by atoms with Crippen molar-refractivity contribution in [3.05, 3.63) is 67.6 Å². The zero-order valence-electron chi connectivity index (χ0n) is 14.8. The lowest BCUT2D eigenvalue weighted by Crippen LogP contribution is -2.26. The number of halogens is 1.